The van der Waals surface area contributed by atoms with Gasteiger partial charge in [0.2, 0.25) is 0 Å². The Kier molecular flexibility index (Phi) is 5.00. The van der Waals surface area contributed by atoms with Gasteiger partial charge in [0, 0.05) is 5.02 Å². The molecule has 1 aliphatic heterocycles. The smallest absolute Gasteiger partial charge is 0.351 e. The molecular formula is C16H15ClFN3O4. The highest BCUT2D eigenvalue weighted by molar-refractivity contribution is 6.30. The number of hydrogen-bond donors (Lipinski definition) is 1. The van der Waals surface area contributed by atoms with Crippen LogP contribution in [0, 0.1) is 5.82 Å². The first-order chi connectivity index (χ1) is 11.9. The standard InChI is InChI=1S/C16H15ClFN3O4/c17-10-3-1-9(2-4-10)15(22)24-8-11-5-6-13(25-11)21-7-12(18)14(19)20-16(21)23/h1-4,7,11,13H,5-6,8H2,(H2,19,20,23)/t11-,13+/m0/s1. The van der Waals surface area contributed by atoms with Crippen LogP contribution in [0.1, 0.15) is 29.4 Å². The van der Waals surface area contributed by atoms with Gasteiger partial charge in [0.1, 0.15) is 12.8 Å². The first kappa shape index (κ1) is 17.4. The zero-order chi connectivity index (χ0) is 18.0. The van der Waals surface area contributed by atoms with Gasteiger partial charge in [0.15, 0.2) is 11.6 Å². The monoisotopic (exact) mass is 367 g/mol. The van der Waals surface area contributed by atoms with Gasteiger partial charge in [0.05, 0.1) is 17.9 Å². The summed E-state index contributed by atoms with van der Waals surface area (Å²) in [7, 11) is 0. The SMILES string of the molecule is Nc1nc(=O)n([C@H]2CC[C@@H](COC(=O)c3ccc(Cl)cc3)O2)cc1F. The van der Waals surface area contributed by atoms with E-state index in [1.54, 1.807) is 24.3 Å². The molecule has 0 aliphatic carbocycles. The molecule has 9 heteroatoms. The Bertz CT molecular complexity index is 840. The molecule has 1 fully saturated rings. The van der Waals surface area contributed by atoms with Gasteiger partial charge in [-0.05, 0) is 37.1 Å². The number of nitrogens with two attached hydrogens (primary N) is 1. The van der Waals surface area contributed by atoms with Gasteiger partial charge in [-0.1, -0.05) is 11.6 Å². The van der Waals surface area contributed by atoms with Gasteiger partial charge in [0.25, 0.3) is 0 Å². The predicted octanol–water partition coefficient (Wildman–Crippen LogP) is 2.15. The van der Waals surface area contributed by atoms with Crippen molar-refractivity contribution in [3.8, 4) is 0 Å². The maximum atomic E-state index is 13.5. The van der Waals surface area contributed by atoms with E-state index < -0.39 is 35.6 Å². The molecule has 2 atom stereocenters. The summed E-state index contributed by atoms with van der Waals surface area (Å²) in [6.45, 7) is 0.0254. The van der Waals surface area contributed by atoms with Crippen LogP contribution in [0.3, 0.4) is 0 Å². The van der Waals surface area contributed by atoms with E-state index in [0.717, 1.165) is 10.8 Å². The van der Waals surface area contributed by atoms with Crippen molar-refractivity contribution in [3.63, 3.8) is 0 Å². The number of aromatic nitrogens is 2. The Morgan fingerprint density at radius 1 is 1.40 bits per heavy atom. The molecule has 1 aromatic carbocycles. The van der Waals surface area contributed by atoms with Crippen LogP contribution in [0.25, 0.3) is 0 Å². The molecule has 3 rings (SSSR count). The summed E-state index contributed by atoms with van der Waals surface area (Å²) in [5.41, 5.74) is 4.94. The van der Waals surface area contributed by atoms with Gasteiger partial charge in [-0.15, -0.1) is 0 Å². The summed E-state index contributed by atoms with van der Waals surface area (Å²) in [5.74, 6) is -1.74. The molecule has 1 saturated heterocycles. The largest absolute Gasteiger partial charge is 0.459 e. The molecule has 2 N–H and O–H groups in total. The van der Waals surface area contributed by atoms with Crippen molar-refractivity contribution in [1.29, 1.82) is 0 Å². The van der Waals surface area contributed by atoms with Crippen LogP contribution in [-0.2, 0) is 9.47 Å². The van der Waals surface area contributed by atoms with Crippen molar-refractivity contribution in [2.75, 3.05) is 12.3 Å². The number of ether oxygens (including phenoxy) is 2. The molecule has 0 saturated carbocycles. The van der Waals surface area contributed by atoms with E-state index in [1.165, 1.54) is 0 Å². The van der Waals surface area contributed by atoms with Gasteiger partial charge < -0.3 is 15.2 Å². The van der Waals surface area contributed by atoms with Gasteiger partial charge in [-0.25, -0.2) is 14.0 Å². The predicted molar refractivity (Wildman–Crippen MR) is 87.7 cm³/mol. The third-order valence-electron chi connectivity index (χ3n) is 3.81. The number of hydrogen-bond acceptors (Lipinski definition) is 6. The Morgan fingerprint density at radius 2 is 2.12 bits per heavy atom. The van der Waals surface area contributed by atoms with Crippen LogP contribution >= 0.6 is 11.6 Å². The first-order valence-electron chi connectivity index (χ1n) is 7.56. The fourth-order valence-corrected chi connectivity index (χ4v) is 2.64. The molecule has 132 valence electrons. The molecular weight excluding hydrogens is 353 g/mol. The summed E-state index contributed by atoms with van der Waals surface area (Å²) < 4.78 is 25.4. The van der Waals surface area contributed by atoms with Crippen LogP contribution in [0.15, 0.2) is 35.3 Å². The quantitative estimate of drug-likeness (QED) is 0.832. The van der Waals surface area contributed by atoms with Crippen molar-refractivity contribution >= 4 is 23.4 Å². The van der Waals surface area contributed by atoms with Crippen molar-refractivity contribution in [1.82, 2.24) is 9.55 Å². The van der Waals surface area contributed by atoms with Crippen LogP contribution in [0.4, 0.5) is 10.2 Å². The molecule has 0 spiro atoms. The lowest BCUT2D eigenvalue weighted by atomic mass is 10.2. The summed E-state index contributed by atoms with van der Waals surface area (Å²) in [6.07, 6.45) is 0.922. The number of esters is 1. The second-order valence-electron chi connectivity index (χ2n) is 5.56. The number of carbonyl (C=O) groups is 1. The molecule has 1 aromatic heterocycles. The van der Waals surface area contributed by atoms with E-state index in [4.69, 9.17) is 26.8 Å². The highest BCUT2D eigenvalue weighted by Crippen LogP contribution is 2.27. The van der Waals surface area contributed by atoms with Gasteiger partial charge in [-0.3, -0.25) is 4.57 Å². The summed E-state index contributed by atoms with van der Waals surface area (Å²) >= 11 is 5.77. The maximum absolute atomic E-state index is 13.5. The van der Waals surface area contributed by atoms with Gasteiger partial charge in [-0.2, -0.15) is 4.98 Å². The summed E-state index contributed by atoms with van der Waals surface area (Å²) in [6, 6.07) is 6.31. The Labute approximate surface area is 147 Å². The second kappa shape index (κ2) is 7.20. The highest BCUT2D eigenvalue weighted by Gasteiger charge is 2.29. The molecule has 2 aromatic rings. The van der Waals surface area contributed by atoms with Crippen molar-refractivity contribution in [2.45, 2.75) is 25.2 Å². The number of anilines is 1. The van der Waals surface area contributed by atoms with Crippen molar-refractivity contribution in [3.05, 3.63) is 57.3 Å². The number of halogens is 2. The second-order valence-corrected chi connectivity index (χ2v) is 6.00. The lowest BCUT2D eigenvalue weighted by Crippen LogP contribution is -2.29. The average Bonchev–Trinajstić information content (AvgIpc) is 3.05. The summed E-state index contributed by atoms with van der Waals surface area (Å²) in [4.78, 5) is 27.1. The Morgan fingerprint density at radius 3 is 2.84 bits per heavy atom. The zero-order valence-corrected chi connectivity index (χ0v) is 13.8. The fourth-order valence-electron chi connectivity index (χ4n) is 2.52. The van der Waals surface area contributed by atoms with Crippen molar-refractivity contribution in [2.24, 2.45) is 0 Å². The molecule has 0 bridgehead atoms. The van der Waals surface area contributed by atoms with Gasteiger partial charge >= 0.3 is 11.7 Å². The van der Waals surface area contributed by atoms with Crippen LogP contribution in [0.5, 0.6) is 0 Å². The van der Waals surface area contributed by atoms with E-state index in [9.17, 15) is 14.0 Å². The average molecular weight is 368 g/mol. The van der Waals surface area contributed by atoms with Crippen LogP contribution in [-0.4, -0.2) is 28.2 Å². The van der Waals surface area contributed by atoms with E-state index in [2.05, 4.69) is 4.98 Å². The first-order valence-corrected chi connectivity index (χ1v) is 7.94. The normalized spacial score (nSPS) is 19.8. The molecule has 0 amide bonds. The number of carbonyl (C=O) groups excluding carboxylic acids is 1. The van der Waals surface area contributed by atoms with E-state index in [-0.39, 0.29) is 6.61 Å². The Hall–Kier alpha value is -2.45. The van der Waals surface area contributed by atoms with Crippen molar-refractivity contribution < 1.29 is 18.7 Å². The number of nitrogens with zero attached hydrogens (tertiary/aromatic N) is 2. The molecule has 1 aliphatic rings. The number of rotatable bonds is 4. The minimum atomic E-state index is -0.791. The Balaban J connectivity index is 1.58. The molecule has 2 heterocycles. The third kappa shape index (κ3) is 3.97. The number of nitrogen functional groups attached to an aromatic ring is 1. The molecule has 0 unspecified atom stereocenters. The van der Waals surface area contributed by atoms with E-state index in [1.807, 2.05) is 0 Å². The molecule has 0 radical (unpaired) electrons. The minimum absolute atomic E-state index is 0.0254. The lowest BCUT2D eigenvalue weighted by Gasteiger charge is -2.16. The van der Waals surface area contributed by atoms with E-state index in [0.29, 0.717) is 23.4 Å². The topological polar surface area (TPSA) is 96.4 Å². The highest BCUT2D eigenvalue weighted by atomic mass is 35.5. The number of benzene rings is 1. The lowest BCUT2D eigenvalue weighted by molar-refractivity contribution is -0.0342. The van der Waals surface area contributed by atoms with Crippen LogP contribution in [0.2, 0.25) is 5.02 Å². The minimum Gasteiger partial charge on any atom is -0.459 e. The summed E-state index contributed by atoms with van der Waals surface area (Å²) in [5, 5.41) is 0.522. The zero-order valence-electron chi connectivity index (χ0n) is 13.0. The molecule has 25 heavy (non-hydrogen) atoms. The molecule has 7 nitrogen and oxygen atoms in total. The third-order valence-corrected chi connectivity index (χ3v) is 4.06. The fraction of sp³-hybridized carbons (Fsp3) is 0.312. The maximum Gasteiger partial charge on any atom is 0.351 e. The van der Waals surface area contributed by atoms with E-state index >= 15 is 0 Å². The van der Waals surface area contributed by atoms with Crippen LogP contribution < -0.4 is 11.4 Å².